The first kappa shape index (κ1) is 15.6. The van der Waals surface area contributed by atoms with Crippen LogP contribution in [0.3, 0.4) is 0 Å². The van der Waals surface area contributed by atoms with E-state index in [0.29, 0.717) is 0 Å². The monoisotopic (exact) mass is 281 g/mol. The van der Waals surface area contributed by atoms with Crippen LogP contribution >= 0.6 is 11.8 Å². The van der Waals surface area contributed by atoms with Crippen LogP contribution in [0.1, 0.15) is 19.4 Å². The summed E-state index contributed by atoms with van der Waals surface area (Å²) in [6, 6.07) is 9.86. The van der Waals surface area contributed by atoms with Gasteiger partial charge in [0.25, 0.3) is 0 Å². The van der Waals surface area contributed by atoms with Gasteiger partial charge < -0.3 is 10.0 Å². The summed E-state index contributed by atoms with van der Waals surface area (Å²) >= 11 is 1.49. The minimum absolute atomic E-state index is 0.173. The lowest BCUT2D eigenvalue weighted by molar-refractivity contribution is -0.154. The van der Waals surface area contributed by atoms with E-state index in [0.717, 1.165) is 11.3 Å². The number of benzene rings is 1. The van der Waals surface area contributed by atoms with Gasteiger partial charge in [-0.1, -0.05) is 30.3 Å². The van der Waals surface area contributed by atoms with Crippen molar-refractivity contribution in [1.82, 2.24) is 4.90 Å². The molecule has 1 amide bonds. The Hall–Kier alpha value is -1.49. The highest BCUT2D eigenvalue weighted by Gasteiger charge is 2.34. The zero-order chi connectivity index (χ0) is 14.5. The van der Waals surface area contributed by atoms with Crippen molar-refractivity contribution < 1.29 is 14.7 Å². The molecule has 104 valence electrons. The molecule has 1 rings (SSSR count). The van der Waals surface area contributed by atoms with Crippen LogP contribution in [-0.2, 0) is 15.3 Å². The predicted octanol–water partition coefficient (Wildman–Crippen LogP) is 2.24. The zero-order valence-corrected chi connectivity index (χ0v) is 12.2. The summed E-state index contributed by atoms with van der Waals surface area (Å²) < 4.78 is 0. The Kier molecular flexibility index (Phi) is 5.42. The van der Waals surface area contributed by atoms with E-state index < -0.39 is 11.5 Å². The van der Waals surface area contributed by atoms with Gasteiger partial charge in [-0.3, -0.25) is 4.79 Å². The van der Waals surface area contributed by atoms with E-state index in [2.05, 4.69) is 0 Å². The number of rotatable bonds is 6. The van der Waals surface area contributed by atoms with Crippen LogP contribution in [0.2, 0.25) is 0 Å². The molecular weight excluding hydrogens is 262 g/mol. The van der Waals surface area contributed by atoms with Crippen LogP contribution < -0.4 is 0 Å². The standard InChI is InChI=1S/C14H19NO3S/c1-14(2,13(17)18)15(3)12(16)10-19-9-11-7-5-4-6-8-11/h4-8H,9-10H2,1-3H3,(H,17,18). The van der Waals surface area contributed by atoms with Crippen molar-refractivity contribution in [2.75, 3.05) is 12.8 Å². The van der Waals surface area contributed by atoms with Gasteiger partial charge >= 0.3 is 5.97 Å². The van der Waals surface area contributed by atoms with Gasteiger partial charge in [-0.05, 0) is 19.4 Å². The number of thioether (sulfide) groups is 1. The highest BCUT2D eigenvalue weighted by atomic mass is 32.2. The maximum Gasteiger partial charge on any atom is 0.329 e. The maximum absolute atomic E-state index is 11.9. The Morgan fingerprint density at radius 3 is 2.37 bits per heavy atom. The van der Waals surface area contributed by atoms with E-state index in [-0.39, 0.29) is 11.7 Å². The molecule has 1 aromatic carbocycles. The summed E-state index contributed by atoms with van der Waals surface area (Å²) in [5.74, 6) is -0.152. The summed E-state index contributed by atoms with van der Waals surface area (Å²) in [5, 5.41) is 9.06. The van der Waals surface area contributed by atoms with Gasteiger partial charge in [-0.2, -0.15) is 0 Å². The number of hydrogen-bond donors (Lipinski definition) is 1. The lowest BCUT2D eigenvalue weighted by Gasteiger charge is -2.31. The number of carbonyl (C=O) groups is 2. The van der Waals surface area contributed by atoms with Gasteiger partial charge in [0.15, 0.2) is 0 Å². The number of likely N-dealkylation sites (N-methyl/N-ethyl adjacent to an activating group) is 1. The van der Waals surface area contributed by atoms with Crippen LogP contribution in [0.15, 0.2) is 30.3 Å². The van der Waals surface area contributed by atoms with Crippen LogP contribution in [0, 0.1) is 0 Å². The molecule has 19 heavy (non-hydrogen) atoms. The third-order valence-corrected chi connectivity index (χ3v) is 4.06. The van der Waals surface area contributed by atoms with Crippen LogP contribution in [0.5, 0.6) is 0 Å². The zero-order valence-electron chi connectivity index (χ0n) is 11.4. The average Bonchev–Trinajstić information content (AvgIpc) is 2.38. The van der Waals surface area contributed by atoms with Crippen molar-refractivity contribution in [3.8, 4) is 0 Å². The number of carboxylic acid groups (broad SMARTS) is 1. The Labute approximate surface area is 117 Å². The first-order valence-corrected chi connectivity index (χ1v) is 7.13. The van der Waals surface area contributed by atoms with Crippen molar-refractivity contribution in [3.05, 3.63) is 35.9 Å². The number of nitrogens with zero attached hydrogens (tertiary/aromatic N) is 1. The molecule has 0 heterocycles. The van der Waals surface area contributed by atoms with E-state index in [1.54, 1.807) is 0 Å². The number of hydrogen-bond acceptors (Lipinski definition) is 3. The maximum atomic E-state index is 11.9. The second kappa shape index (κ2) is 6.61. The van der Waals surface area contributed by atoms with Gasteiger partial charge in [-0.15, -0.1) is 11.8 Å². The number of amides is 1. The quantitative estimate of drug-likeness (QED) is 0.869. The summed E-state index contributed by atoms with van der Waals surface area (Å²) in [5.41, 5.74) is -0.0230. The molecule has 0 atom stereocenters. The lowest BCUT2D eigenvalue weighted by atomic mass is 10.0. The predicted molar refractivity (Wildman–Crippen MR) is 77.1 cm³/mol. The molecule has 0 saturated carbocycles. The molecule has 4 nitrogen and oxygen atoms in total. The topological polar surface area (TPSA) is 57.6 Å². The summed E-state index contributed by atoms with van der Waals surface area (Å²) in [4.78, 5) is 24.3. The van der Waals surface area contributed by atoms with Gasteiger partial charge in [0.2, 0.25) is 5.91 Å². The SMILES string of the molecule is CN(C(=O)CSCc1ccccc1)C(C)(C)C(=O)O. The molecule has 1 aromatic rings. The van der Waals surface area contributed by atoms with Crippen molar-refractivity contribution in [2.45, 2.75) is 25.1 Å². The summed E-state index contributed by atoms with van der Waals surface area (Å²) in [6.07, 6.45) is 0. The molecule has 0 saturated heterocycles. The molecule has 0 bridgehead atoms. The Bertz CT molecular complexity index is 445. The van der Waals surface area contributed by atoms with E-state index in [4.69, 9.17) is 5.11 Å². The molecule has 5 heteroatoms. The molecule has 1 N–H and O–H groups in total. The minimum atomic E-state index is -1.18. The second-order valence-corrected chi connectivity index (χ2v) is 5.78. The summed E-state index contributed by atoms with van der Waals surface area (Å²) in [6.45, 7) is 3.05. The fourth-order valence-corrected chi connectivity index (χ4v) is 2.28. The van der Waals surface area contributed by atoms with Crippen molar-refractivity contribution in [1.29, 1.82) is 0 Å². The third kappa shape index (κ3) is 4.28. The molecule has 0 fully saturated rings. The first-order chi connectivity index (χ1) is 8.85. The molecule has 0 unspecified atom stereocenters. The van der Waals surface area contributed by atoms with E-state index in [1.165, 1.54) is 37.6 Å². The fourth-order valence-electron chi connectivity index (χ4n) is 1.38. The molecule has 0 spiro atoms. The smallest absolute Gasteiger partial charge is 0.329 e. The molecule has 0 aliphatic carbocycles. The fraction of sp³-hybridized carbons (Fsp3) is 0.429. The Balaban J connectivity index is 2.46. The third-order valence-electron chi connectivity index (χ3n) is 3.07. The highest BCUT2D eigenvalue weighted by molar-refractivity contribution is 7.99. The van der Waals surface area contributed by atoms with E-state index >= 15 is 0 Å². The summed E-state index contributed by atoms with van der Waals surface area (Å²) in [7, 11) is 1.53. The van der Waals surface area contributed by atoms with E-state index in [1.807, 2.05) is 30.3 Å². The van der Waals surface area contributed by atoms with Gasteiger partial charge in [0.1, 0.15) is 5.54 Å². The van der Waals surface area contributed by atoms with Crippen LogP contribution in [0.25, 0.3) is 0 Å². The average molecular weight is 281 g/mol. The van der Waals surface area contributed by atoms with Gasteiger partial charge in [0.05, 0.1) is 5.75 Å². The Morgan fingerprint density at radius 1 is 1.26 bits per heavy atom. The number of carbonyl (C=O) groups excluding carboxylic acids is 1. The van der Waals surface area contributed by atoms with Crippen molar-refractivity contribution in [2.24, 2.45) is 0 Å². The first-order valence-electron chi connectivity index (χ1n) is 5.97. The minimum Gasteiger partial charge on any atom is -0.480 e. The van der Waals surface area contributed by atoms with Gasteiger partial charge in [0, 0.05) is 12.8 Å². The Morgan fingerprint density at radius 2 is 1.84 bits per heavy atom. The molecule has 0 aromatic heterocycles. The molecule has 0 aliphatic rings. The molecule has 0 radical (unpaired) electrons. The largest absolute Gasteiger partial charge is 0.480 e. The van der Waals surface area contributed by atoms with Crippen molar-refractivity contribution in [3.63, 3.8) is 0 Å². The van der Waals surface area contributed by atoms with E-state index in [9.17, 15) is 9.59 Å². The number of carboxylic acids is 1. The van der Waals surface area contributed by atoms with Crippen LogP contribution in [-0.4, -0.2) is 40.2 Å². The second-order valence-electron chi connectivity index (χ2n) is 4.80. The normalized spacial score (nSPS) is 11.1. The lowest BCUT2D eigenvalue weighted by Crippen LogP contribution is -2.51. The molecular formula is C14H19NO3S. The van der Waals surface area contributed by atoms with Crippen molar-refractivity contribution >= 4 is 23.6 Å². The van der Waals surface area contributed by atoms with Crippen LogP contribution in [0.4, 0.5) is 0 Å². The number of aliphatic carboxylic acids is 1. The molecule has 0 aliphatic heterocycles. The highest BCUT2D eigenvalue weighted by Crippen LogP contribution is 2.17. The van der Waals surface area contributed by atoms with Gasteiger partial charge in [-0.25, -0.2) is 4.79 Å².